The molecular formula is C13H18ClN3O3S. The molecular weight excluding hydrogens is 314 g/mol. The van der Waals surface area contributed by atoms with E-state index in [1.165, 1.54) is 12.4 Å². The fourth-order valence-electron chi connectivity index (χ4n) is 1.99. The van der Waals surface area contributed by atoms with Crippen LogP contribution in [0.15, 0.2) is 17.4 Å². The van der Waals surface area contributed by atoms with Crippen molar-refractivity contribution in [3.8, 4) is 0 Å². The molecule has 1 aliphatic heterocycles. The number of carbonyl (C=O) groups is 1. The molecule has 6 nitrogen and oxygen atoms in total. The number of hydrogen-bond acceptors (Lipinski definition) is 5. The van der Waals surface area contributed by atoms with Crippen LogP contribution in [0.3, 0.4) is 0 Å². The standard InChI is InChI=1S/C13H18ClN3O3S/c1-13(2,3)20-12(18)17-5-4-9(7-17)21(19)11-6-10(14)15-8-16-11/h6,8-9H,4-5,7H2,1-3H3/t9-,21-/m0/s1. The van der Waals surface area contributed by atoms with Gasteiger partial charge in [0.15, 0.2) is 0 Å². The summed E-state index contributed by atoms with van der Waals surface area (Å²) in [5, 5.41) is 0.491. The van der Waals surface area contributed by atoms with Gasteiger partial charge in [0.1, 0.15) is 22.1 Å². The van der Waals surface area contributed by atoms with Gasteiger partial charge in [-0.25, -0.2) is 14.8 Å². The molecule has 1 saturated heterocycles. The van der Waals surface area contributed by atoms with Gasteiger partial charge in [0.2, 0.25) is 0 Å². The maximum absolute atomic E-state index is 12.4. The quantitative estimate of drug-likeness (QED) is 0.777. The monoisotopic (exact) mass is 331 g/mol. The highest BCUT2D eigenvalue weighted by molar-refractivity contribution is 7.85. The van der Waals surface area contributed by atoms with E-state index in [4.69, 9.17) is 16.3 Å². The summed E-state index contributed by atoms with van der Waals surface area (Å²) >= 11 is 5.78. The van der Waals surface area contributed by atoms with Crippen molar-refractivity contribution in [2.75, 3.05) is 13.1 Å². The molecule has 0 aliphatic carbocycles. The van der Waals surface area contributed by atoms with E-state index in [9.17, 15) is 9.00 Å². The van der Waals surface area contributed by atoms with Gasteiger partial charge in [-0.15, -0.1) is 0 Å². The predicted octanol–water partition coefficient (Wildman–Crippen LogP) is 2.25. The number of ether oxygens (including phenoxy) is 1. The van der Waals surface area contributed by atoms with Crippen LogP contribution in [0.1, 0.15) is 27.2 Å². The van der Waals surface area contributed by atoms with Crippen LogP contribution in [0.25, 0.3) is 0 Å². The molecule has 0 N–H and O–H groups in total. The molecule has 1 fully saturated rings. The molecule has 21 heavy (non-hydrogen) atoms. The van der Waals surface area contributed by atoms with Crippen molar-refractivity contribution in [3.63, 3.8) is 0 Å². The summed E-state index contributed by atoms with van der Waals surface area (Å²) in [6.45, 7) is 6.38. The van der Waals surface area contributed by atoms with E-state index >= 15 is 0 Å². The Kier molecular flexibility index (Phi) is 4.83. The average Bonchev–Trinajstić information content (AvgIpc) is 2.85. The first-order valence-electron chi connectivity index (χ1n) is 6.62. The van der Waals surface area contributed by atoms with Crippen molar-refractivity contribution in [1.82, 2.24) is 14.9 Å². The Morgan fingerprint density at radius 3 is 2.81 bits per heavy atom. The molecule has 0 saturated carbocycles. The molecule has 1 aromatic rings. The first-order valence-corrected chi connectivity index (χ1v) is 8.21. The average molecular weight is 332 g/mol. The lowest BCUT2D eigenvalue weighted by molar-refractivity contribution is 0.0295. The lowest BCUT2D eigenvalue weighted by Gasteiger charge is -2.24. The lowest BCUT2D eigenvalue weighted by Crippen LogP contribution is -2.36. The first kappa shape index (κ1) is 16.2. The molecule has 1 aliphatic rings. The third kappa shape index (κ3) is 4.38. The molecule has 8 heteroatoms. The first-order chi connectivity index (χ1) is 9.76. The summed E-state index contributed by atoms with van der Waals surface area (Å²) in [6, 6.07) is 1.49. The topological polar surface area (TPSA) is 72.4 Å². The smallest absolute Gasteiger partial charge is 0.410 e. The van der Waals surface area contributed by atoms with Crippen molar-refractivity contribution in [1.29, 1.82) is 0 Å². The Bertz CT molecular complexity index is 562. The SMILES string of the molecule is CC(C)(C)OC(=O)N1CC[C@H]([S@](=O)c2cc(Cl)ncn2)C1. The van der Waals surface area contributed by atoms with E-state index in [2.05, 4.69) is 9.97 Å². The van der Waals surface area contributed by atoms with E-state index in [0.717, 1.165) is 0 Å². The van der Waals surface area contributed by atoms with E-state index in [-0.39, 0.29) is 16.5 Å². The number of halogens is 1. The predicted molar refractivity (Wildman–Crippen MR) is 79.7 cm³/mol. The van der Waals surface area contributed by atoms with Crippen LogP contribution in [-0.2, 0) is 15.5 Å². The second-order valence-corrected chi connectivity index (χ2v) is 7.88. The molecule has 2 atom stereocenters. The van der Waals surface area contributed by atoms with Gasteiger partial charge in [-0.05, 0) is 27.2 Å². The van der Waals surface area contributed by atoms with Crippen LogP contribution in [0.4, 0.5) is 4.79 Å². The third-order valence-corrected chi connectivity index (χ3v) is 4.75. The summed E-state index contributed by atoms with van der Waals surface area (Å²) in [4.78, 5) is 21.3. The minimum atomic E-state index is -1.31. The minimum absolute atomic E-state index is 0.163. The number of hydrogen-bond donors (Lipinski definition) is 0. The number of carbonyl (C=O) groups excluding carboxylic acids is 1. The van der Waals surface area contributed by atoms with Crippen molar-refractivity contribution in [3.05, 3.63) is 17.5 Å². The van der Waals surface area contributed by atoms with Gasteiger partial charge in [0.05, 0.1) is 16.0 Å². The number of amides is 1. The largest absolute Gasteiger partial charge is 0.444 e. The van der Waals surface area contributed by atoms with Gasteiger partial charge in [0.25, 0.3) is 0 Å². The van der Waals surface area contributed by atoms with Crippen LogP contribution >= 0.6 is 11.6 Å². The Balaban J connectivity index is 1.99. The molecule has 0 aromatic carbocycles. The van der Waals surface area contributed by atoms with Gasteiger partial charge in [0, 0.05) is 19.2 Å². The lowest BCUT2D eigenvalue weighted by atomic mass is 10.2. The molecule has 0 spiro atoms. The highest BCUT2D eigenvalue weighted by atomic mass is 35.5. The van der Waals surface area contributed by atoms with Crippen LogP contribution < -0.4 is 0 Å². The summed E-state index contributed by atoms with van der Waals surface area (Å²) in [7, 11) is -1.31. The van der Waals surface area contributed by atoms with Crippen molar-refractivity contribution >= 4 is 28.5 Å². The minimum Gasteiger partial charge on any atom is -0.444 e. The number of rotatable bonds is 2. The summed E-state index contributed by atoms with van der Waals surface area (Å²) < 4.78 is 17.8. The molecule has 116 valence electrons. The summed E-state index contributed by atoms with van der Waals surface area (Å²) in [5.74, 6) is 0. The molecule has 1 amide bonds. The van der Waals surface area contributed by atoms with E-state index < -0.39 is 16.4 Å². The van der Waals surface area contributed by atoms with Gasteiger partial charge < -0.3 is 9.64 Å². The molecule has 0 bridgehead atoms. The van der Waals surface area contributed by atoms with E-state index in [1.54, 1.807) is 4.90 Å². The Labute approximate surface area is 131 Å². The molecule has 2 rings (SSSR count). The van der Waals surface area contributed by atoms with Crippen LogP contribution in [0, 0.1) is 0 Å². The van der Waals surface area contributed by atoms with E-state index in [1.807, 2.05) is 20.8 Å². The molecule has 0 unspecified atom stereocenters. The van der Waals surface area contributed by atoms with Crippen LogP contribution in [0.2, 0.25) is 5.15 Å². The van der Waals surface area contributed by atoms with Crippen LogP contribution in [-0.4, -0.2) is 49.1 Å². The second kappa shape index (κ2) is 6.27. The molecule has 1 aromatic heterocycles. The van der Waals surface area contributed by atoms with Crippen molar-refractivity contribution in [2.45, 2.75) is 43.1 Å². The maximum atomic E-state index is 12.4. The maximum Gasteiger partial charge on any atom is 0.410 e. The second-order valence-electron chi connectivity index (χ2n) is 5.81. The van der Waals surface area contributed by atoms with Gasteiger partial charge in [-0.1, -0.05) is 11.6 Å². The molecule has 2 heterocycles. The normalized spacial score (nSPS) is 20.4. The van der Waals surface area contributed by atoms with Gasteiger partial charge >= 0.3 is 6.09 Å². The molecule has 0 radical (unpaired) electrons. The zero-order valence-corrected chi connectivity index (χ0v) is 13.8. The van der Waals surface area contributed by atoms with Gasteiger partial charge in [-0.2, -0.15) is 0 Å². The fourth-order valence-corrected chi connectivity index (χ4v) is 3.56. The number of aromatic nitrogens is 2. The highest BCUT2D eigenvalue weighted by Gasteiger charge is 2.33. The van der Waals surface area contributed by atoms with Crippen molar-refractivity contribution in [2.24, 2.45) is 0 Å². The van der Waals surface area contributed by atoms with Gasteiger partial charge in [-0.3, -0.25) is 4.21 Å². The Hall–Kier alpha value is -1.21. The zero-order valence-electron chi connectivity index (χ0n) is 12.2. The Morgan fingerprint density at radius 1 is 1.48 bits per heavy atom. The number of likely N-dealkylation sites (tertiary alicyclic amines) is 1. The highest BCUT2D eigenvalue weighted by Crippen LogP contribution is 2.22. The zero-order chi connectivity index (χ0) is 15.6. The summed E-state index contributed by atoms with van der Waals surface area (Å²) in [5.41, 5.74) is -0.533. The van der Waals surface area contributed by atoms with Crippen LogP contribution in [0.5, 0.6) is 0 Å². The fraction of sp³-hybridized carbons (Fsp3) is 0.615. The van der Waals surface area contributed by atoms with E-state index in [0.29, 0.717) is 24.5 Å². The van der Waals surface area contributed by atoms with Crippen molar-refractivity contribution < 1.29 is 13.7 Å². The Morgan fingerprint density at radius 2 is 2.19 bits per heavy atom. The third-order valence-electron chi connectivity index (χ3n) is 2.91. The summed E-state index contributed by atoms with van der Waals surface area (Å²) in [6.07, 6.45) is 1.56. The number of nitrogens with zero attached hydrogens (tertiary/aromatic N) is 3.